The van der Waals surface area contributed by atoms with E-state index in [9.17, 15) is 0 Å². The van der Waals surface area contributed by atoms with Crippen LogP contribution in [0, 0.1) is 10.8 Å². The molecule has 0 saturated carbocycles. The van der Waals surface area contributed by atoms with E-state index in [2.05, 4.69) is 83.7 Å². The maximum Gasteiger partial charge on any atom is -0.147 e. The zero-order valence-electron chi connectivity index (χ0n) is 20.0. The topological polar surface area (TPSA) is 0 Å². The Kier molecular flexibility index (Phi) is 9.22. The molecule has 2 rings (SSSR count). The number of hydrogen-bond acceptors (Lipinski definition) is 0. The van der Waals surface area contributed by atoms with E-state index in [-0.39, 0.29) is 35.6 Å². The van der Waals surface area contributed by atoms with E-state index in [1.165, 1.54) is 25.7 Å². The molecule has 2 aliphatic carbocycles. The van der Waals surface area contributed by atoms with Crippen molar-refractivity contribution in [3.05, 3.63) is 41.0 Å². The summed E-state index contributed by atoms with van der Waals surface area (Å²) in [5.41, 5.74) is 7.14. The number of rotatable bonds is 4. The molecule has 0 fully saturated rings. The molecule has 0 amide bonds. The summed E-state index contributed by atoms with van der Waals surface area (Å²) in [6.45, 7) is 21.6. The van der Waals surface area contributed by atoms with Crippen molar-refractivity contribution in [3.8, 4) is 0 Å². The predicted molar refractivity (Wildman–Crippen MR) is 134 cm³/mol. The predicted octanol–water partition coefficient (Wildman–Crippen LogP) is 8.24. The largest absolute Gasteiger partial charge is 0.147 e. The monoisotopic (exact) mass is 520 g/mol. The van der Waals surface area contributed by atoms with Crippen molar-refractivity contribution in [1.29, 1.82) is 0 Å². The van der Waals surface area contributed by atoms with Gasteiger partial charge in [-0.15, -0.1) is 24.8 Å². The summed E-state index contributed by atoms with van der Waals surface area (Å²) in [6, 6.07) is 0. The molecule has 0 radical (unpaired) electrons. The van der Waals surface area contributed by atoms with Gasteiger partial charge in [0.2, 0.25) is 0 Å². The van der Waals surface area contributed by atoms with Crippen LogP contribution in [-0.4, -0.2) is 6.88 Å². The fourth-order valence-corrected chi connectivity index (χ4v) is 19.7. The first-order valence-electron chi connectivity index (χ1n) is 10.5. The molecule has 0 aliphatic heterocycles. The number of hydrogen-bond donors (Lipinski definition) is 0. The average Bonchev–Trinajstić information content (AvgIpc) is 3.11. The molecule has 0 nitrogen and oxygen atoms in total. The summed E-state index contributed by atoms with van der Waals surface area (Å²) in [6.07, 6.45) is 10.0. The van der Waals surface area contributed by atoms with E-state index in [0.717, 1.165) is 0 Å². The van der Waals surface area contributed by atoms with E-state index in [1.54, 1.807) is 22.3 Å². The van der Waals surface area contributed by atoms with E-state index in [1.807, 2.05) is 6.56 Å². The molecule has 0 spiro atoms. The van der Waals surface area contributed by atoms with Crippen LogP contribution in [0.3, 0.4) is 0 Å². The second-order valence-electron chi connectivity index (χ2n) is 11.6. The summed E-state index contributed by atoms with van der Waals surface area (Å²) < 4.78 is 9.19. The van der Waals surface area contributed by atoms with Gasteiger partial charge in [-0.25, -0.2) is 0 Å². The van der Waals surface area contributed by atoms with Gasteiger partial charge >= 0.3 is 166 Å². The molecule has 2 aliphatic rings. The van der Waals surface area contributed by atoms with Crippen LogP contribution in [0.5, 0.6) is 0 Å². The Morgan fingerprint density at radius 1 is 0.750 bits per heavy atom. The Morgan fingerprint density at radius 2 is 1.04 bits per heavy atom. The maximum atomic E-state index is 2.72. The van der Waals surface area contributed by atoms with Crippen molar-refractivity contribution >= 4 is 31.7 Å². The number of halogens is 2. The van der Waals surface area contributed by atoms with Crippen LogP contribution in [0.25, 0.3) is 0 Å². The van der Waals surface area contributed by atoms with Gasteiger partial charge in [-0.1, -0.05) is 0 Å². The Bertz CT molecular complexity index is 741. The molecule has 0 unspecified atom stereocenters. The summed E-state index contributed by atoms with van der Waals surface area (Å²) in [4.78, 5) is 0. The molecule has 0 atom stereocenters. The first-order chi connectivity index (χ1) is 11.6. The van der Waals surface area contributed by atoms with Crippen LogP contribution in [0.4, 0.5) is 0 Å². The van der Waals surface area contributed by atoms with Gasteiger partial charge in [-0.05, 0) is 0 Å². The molecular weight excluding hydrogens is 478 g/mol. The van der Waals surface area contributed by atoms with E-state index in [4.69, 9.17) is 0 Å². The molecule has 0 aromatic rings. The van der Waals surface area contributed by atoms with Crippen LogP contribution in [0.2, 0.25) is 9.26 Å². The Hall–Kier alpha value is 0.640. The minimum Gasteiger partial charge on any atom is -0.147 e. The third kappa shape index (κ3) is 5.46. The summed E-state index contributed by atoms with van der Waals surface area (Å²) in [7, 11) is 0. The van der Waals surface area contributed by atoms with Gasteiger partial charge in [0, 0.05) is 0 Å². The van der Waals surface area contributed by atoms with E-state index < -0.39 is 17.4 Å². The van der Waals surface area contributed by atoms with Crippen LogP contribution >= 0.6 is 24.8 Å². The van der Waals surface area contributed by atoms with Crippen molar-refractivity contribution in [2.45, 2.75) is 90.3 Å². The molecule has 0 saturated heterocycles. The summed E-state index contributed by atoms with van der Waals surface area (Å²) in [5.74, 6) is 0. The van der Waals surface area contributed by atoms with Crippen molar-refractivity contribution in [1.82, 2.24) is 0 Å². The zero-order chi connectivity index (χ0) is 20.2. The van der Waals surface area contributed by atoms with Crippen molar-refractivity contribution in [2.75, 3.05) is 0 Å². The van der Waals surface area contributed by atoms with E-state index in [0.29, 0.717) is 0 Å². The van der Waals surface area contributed by atoms with Crippen LogP contribution in [0.15, 0.2) is 41.0 Å². The minimum atomic E-state index is -3.20. The summed E-state index contributed by atoms with van der Waals surface area (Å²) in [5, 5.41) is 0. The normalized spacial score (nSPS) is 18.7. The molecule has 0 aromatic carbocycles. The second kappa shape index (κ2) is 9.02. The molecule has 0 bridgehead atoms. The Labute approximate surface area is 190 Å². The molecular formula is C24H44Cl2SiZr. The van der Waals surface area contributed by atoms with Gasteiger partial charge < -0.3 is 0 Å². The van der Waals surface area contributed by atoms with Crippen molar-refractivity contribution in [3.63, 3.8) is 0 Å². The van der Waals surface area contributed by atoms with Crippen molar-refractivity contribution < 1.29 is 17.4 Å². The maximum absolute atomic E-state index is 3.20. The molecule has 0 N–H and O–H groups in total. The van der Waals surface area contributed by atoms with Gasteiger partial charge in [0.15, 0.2) is 0 Å². The smallest absolute Gasteiger partial charge is 0.147 e. The van der Waals surface area contributed by atoms with Gasteiger partial charge in [0.25, 0.3) is 0 Å². The molecule has 0 aromatic heterocycles. The SMILES string of the molecule is CCC1=CC(C(C)(C)C)=[C]([Zr]([CH3])([CH3])(=[SiH2])[C]2=C(C(C)(C)C)C=C(CC)C2)C1.Cl.Cl. The van der Waals surface area contributed by atoms with Gasteiger partial charge in [-0.3, -0.25) is 0 Å². The number of allylic oxidation sites excluding steroid dienone is 8. The van der Waals surface area contributed by atoms with Crippen molar-refractivity contribution in [2.24, 2.45) is 10.8 Å². The zero-order valence-corrected chi connectivity index (χ0v) is 25.5. The van der Waals surface area contributed by atoms with Crippen LogP contribution in [-0.2, 0) is 17.4 Å². The first-order valence-corrected chi connectivity index (χ1v) is 23.8. The molecule has 28 heavy (non-hydrogen) atoms. The van der Waals surface area contributed by atoms with Crippen LogP contribution in [0.1, 0.15) is 81.1 Å². The standard InChI is InChI=1S/2C11H17.2CH3.2ClH.H2Si.Zr/c2*1-5-9-6-7-10(8-9)11(2,3)4;;;;;;/h2*8H,5-6H2,1-4H3;2*1H3;2*1H;1H2;. The quantitative estimate of drug-likeness (QED) is 0.326. The van der Waals surface area contributed by atoms with Crippen LogP contribution < -0.4 is 0 Å². The second-order valence-corrected chi connectivity index (χ2v) is 40.4. The van der Waals surface area contributed by atoms with E-state index >= 15 is 0 Å². The fraction of sp³-hybridized carbons (Fsp3) is 0.667. The van der Waals surface area contributed by atoms with Gasteiger partial charge in [-0.2, -0.15) is 0 Å². The van der Waals surface area contributed by atoms with Gasteiger partial charge in [0.05, 0.1) is 0 Å². The first kappa shape index (κ1) is 28.6. The molecule has 162 valence electrons. The average molecular weight is 523 g/mol. The Balaban J connectivity index is 0.00000364. The minimum absolute atomic E-state index is 0. The summed E-state index contributed by atoms with van der Waals surface area (Å²) >= 11 is -3.20. The molecule has 0 heterocycles. The fourth-order valence-electron chi connectivity index (χ4n) is 4.73. The molecule has 4 heteroatoms. The van der Waals surface area contributed by atoms with Gasteiger partial charge in [0.1, 0.15) is 0 Å². The third-order valence-corrected chi connectivity index (χ3v) is 23.4. The third-order valence-electron chi connectivity index (χ3n) is 6.61. The Morgan fingerprint density at radius 3 is 1.25 bits per heavy atom.